The summed E-state index contributed by atoms with van der Waals surface area (Å²) < 4.78 is 24.2. The Bertz CT molecular complexity index is 635. The number of pyridine rings is 1. The molecular weight excluding hydrogens is 250 g/mol. The van der Waals surface area contributed by atoms with E-state index in [1.165, 1.54) is 0 Å². The van der Waals surface area contributed by atoms with Crippen molar-refractivity contribution in [3.05, 3.63) is 36.5 Å². The van der Waals surface area contributed by atoms with Gasteiger partial charge in [-0.05, 0) is 11.5 Å². The summed E-state index contributed by atoms with van der Waals surface area (Å²) in [6, 6.07) is 9.85. The third-order valence-corrected chi connectivity index (χ3v) is 3.18. The van der Waals surface area contributed by atoms with Crippen molar-refractivity contribution in [3.8, 4) is 0 Å². The molecule has 2 rings (SSSR count). The minimum absolute atomic E-state index is 0.337. The predicted octanol–water partition coefficient (Wildman–Crippen LogP) is 1.20. The molecule has 0 aliphatic heterocycles. The van der Waals surface area contributed by atoms with Gasteiger partial charge in [-0.25, -0.2) is 18.1 Å². The Labute approximate surface area is 106 Å². The maximum absolute atomic E-state index is 10.9. The third-order valence-electron chi connectivity index (χ3n) is 2.46. The molecule has 0 spiro atoms. The van der Waals surface area contributed by atoms with E-state index in [-0.39, 0.29) is 0 Å². The minimum atomic E-state index is -3.13. The Morgan fingerprint density at radius 2 is 1.94 bits per heavy atom. The van der Waals surface area contributed by atoms with Gasteiger partial charge in [0, 0.05) is 24.7 Å². The molecule has 96 valence electrons. The molecule has 0 atom stereocenters. The van der Waals surface area contributed by atoms with Gasteiger partial charge in [-0.15, -0.1) is 0 Å². The van der Waals surface area contributed by atoms with Crippen molar-refractivity contribution >= 4 is 26.6 Å². The van der Waals surface area contributed by atoms with Crippen LogP contribution in [0.2, 0.25) is 0 Å². The molecule has 0 aliphatic carbocycles. The van der Waals surface area contributed by atoms with E-state index in [0.717, 1.165) is 22.8 Å². The van der Waals surface area contributed by atoms with Crippen LogP contribution in [-0.4, -0.2) is 32.7 Å². The molecule has 2 aromatic rings. The minimum Gasteiger partial charge on any atom is -0.368 e. The normalized spacial score (nSPS) is 11.6. The summed E-state index contributed by atoms with van der Waals surface area (Å²) in [5, 5.41) is 5.25. The highest BCUT2D eigenvalue weighted by atomic mass is 32.2. The summed E-state index contributed by atoms with van der Waals surface area (Å²) >= 11 is 0. The first-order chi connectivity index (χ1) is 8.56. The van der Waals surface area contributed by atoms with Crippen molar-refractivity contribution < 1.29 is 8.42 Å². The molecule has 6 heteroatoms. The van der Waals surface area contributed by atoms with Crippen LogP contribution in [0.5, 0.6) is 0 Å². The maximum atomic E-state index is 10.9. The van der Waals surface area contributed by atoms with Crippen LogP contribution in [0.25, 0.3) is 10.8 Å². The lowest BCUT2D eigenvalue weighted by molar-refractivity contribution is 0.589. The van der Waals surface area contributed by atoms with Crippen LogP contribution in [0, 0.1) is 0 Å². The molecule has 0 radical (unpaired) electrons. The van der Waals surface area contributed by atoms with Crippen LogP contribution in [0.15, 0.2) is 36.5 Å². The number of nitrogens with zero attached hydrogens (tertiary/aromatic N) is 1. The van der Waals surface area contributed by atoms with E-state index in [9.17, 15) is 8.42 Å². The highest BCUT2D eigenvalue weighted by molar-refractivity contribution is 7.88. The number of hydrogen-bond donors (Lipinski definition) is 2. The topological polar surface area (TPSA) is 71.1 Å². The lowest BCUT2D eigenvalue weighted by Crippen LogP contribution is -2.27. The van der Waals surface area contributed by atoms with E-state index in [2.05, 4.69) is 15.0 Å². The molecule has 0 aliphatic rings. The molecule has 1 heterocycles. The molecule has 2 N–H and O–H groups in total. The average Bonchev–Trinajstić information content (AvgIpc) is 2.33. The van der Waals surface area contributed by atoms with Gasteiger partial charge < -0.3 is 5.32 Å². The first-order valence-corrected chi connectivity index (χ1v) is 7.48. The van der Waals surface area contributed by atoms with Gasteiger partial charge >= 0.3 is 0 Å². The molecule has 5 nitrogen and oxygen atoms in total. The van der Waals surface area contributed by atoms with Crippen LogP contribution in [-0.2, 0) is 10.0 Å². The fraction of sp³-hybridized carbons (Fsp3) is 0.250. The van der Waals surface area contributed by atoms with Gasteiger partial charge in [0.05, 0.1) is 6.26 Å². The van der Waals surface area contributed by atoms with Crippen molar-refractivity contribution in [1.82, 2.24) is 9.71 Å². The average molecular weight is 265 g/mol. The Morgan fingerprint density at radius 3 is 2.72 bits per heavy atom. The Kier molecular flexibility index (Phi) is 3.78. The lowest BCUT2D eigenvalue weighted by atomic mass is 10.1. The predicted molar refractivity (Wildman–Crippen MR) is 73.1 cm³/mol. The Morgan fingerprint density at radius 1 is 1.17 bits per heavy atom. The Hall–Kier alpha value is -1.66. The zero-order valence-corrected chi connectivity index (χ0v) is 10.9. The number of fused-ring (bicyclic) bond motifs is 1. The number of nitrogens with one attached hydrogen (secondary N) is 2. The maximum Gasteiger partial charge on any atom is 0.208 e. The monoisotopic (exact) mass is 265 g/mol. The van der Waals surface area contributed by atoms with Crippen molar-refractivity contribution in [1.29, 1.82) is 0 Å². The van der Waals surface area contributed by atoms with Crippen molar-refractivity contribution in [2.24, 2.45) is 0 Å². The molecule has 0 saturated carbocycles. The number of anilines is 1. The molecule has 1 aromatic heterocycles. The SMILES string of the molecule is CS(=O)(=O)NCCNc1nccc2ccccc12. The summed E-state index contributed by atoms with van der Waals surface area (Å²) in [4.78, 5) is 4.25. The smallest absolute Gasteiger partial charge is 0.208 e. The zero-order valence-electron chi connectivity index (χ0n) is 10.1. The second-order valence-corrected chi connectivity index (χ2v) is 5.81. The van der Waals surface area contributed by atoms with E-state index < -0.39 is 10.0 Å². The summed E-state index contributed by atoms with van der Waals surface area (Å²) in [6.45, 7) is 0.831. The quantitative estimate of drug-likeness (QED) is 0.797. The van der Waals surface area contributed by atoms with E-state index in [1.807, 2.05) is 30.3 Å². The number of sulfonamides is 1. The van der Waals surface area contributed by atoms with E-state index >= 15 is 0 Å². The molecule has 1 aromatic carbocycles. The molecule has 18 heavy (non-hydrogen) atoms. The summed E-state index contributed by atoms with van der Waals surface area (Å²) in [7, 11) is -3.13. The summed E-state index contributed by atoms with van der Waals surface area (Å²) in [6.07, 6.45) is 2.87. The number of benzene rings is 1. The number of rotatable bonds is 5. The molecule has 0 bridgehead atoms. The summed E-state index contributed by atoms with van der Waals surface area (Å²) in [5.41, 5.74) is 0. The lowest BCUT2D eigenvalue weighted by Gasteiger charge is -2.08. The van der Waals surface area contributed by atoms with Gasteiger partial charge in [-0.3, -0.25) is 0 Å². The van der Waals surface area contributed by atoms with Crippen molar-refractivity contribution in [2.75, 3.05) is 24.7 Å². The van der Waals surface area contributed by atoms with Crippen LogP contribution < -0.4 is 10.0 Å². The van der Waals surface area contributed by atoms with Gasteiger partial charge in [0.25, 0.3) is 0 Å². The van der Waals surface area contributed by atoms with E-state index in [0.29, 0.717) is 13.1 Å². The van der Waals surface area contributed by atoms with Crippen molar-refractivity contribution in [3.63, 3.8) is 0 Å². The largest absolute Gasteiger partial charge is 0.368 e. The fourth-order valence-corrected chi connectivity index (χ4v) is 2.15. The standard InChI is InChI=1S/C12H15N3O2S/c1-18(16,17)15-9-8-14-12-11-5-3-2-4-10(11)6-7-13-12/h2-7,15H,8-9H2,1H3,(H,13,14). The molecular formula is C12H15N3O2S. The first kappa shape index (κ1) is 12.8. The van der Waals surface area contributed by atoms with Gasteiger partial charge in [0.2, 0.25) is 10.0 Å². The van der Waals surface area contributed by atoms with Crippen LogP contribution >= 0.6 is 0 Å². The molecule has 0 saturated heterocycles. The molecule has 0 fully saturated rings. The highest BCUT2D eigenvalue weighted by Gasteiger charge is 2.02. The number of aromatic nitrogens is 1. The van der Waals surface area contributed by atoms with Crippen LogP contribution in [0.1, 0.15) is 0 Å². The summed E-state index contributed by atoms with van der Waals surface area (Å²) in [5.74, 6) is 0.767. The van der Waals surface area contributed by atoms with E-state index in [1.54, 1.807) is 6.20 Å². The molecule has 0 unspecified atom stereocenters. The Balaban J connectivity index is 2.04. The third kappa shape index (κ3) is 3.41. The fourth-order valence-electron chi connectivity index (χ4n) is 1.68. The van der Waals surface area contributed by atoms with Gasteiger partial charge in [0.15, 0.2) is 0 Å². The number of hydrogen-bond acceptors (Lipinski definition) is 4. The van der Waals surface area contributed by atoms with E-state index in [4.69, 9.17) is 0 Å². The van der Waals surface area contributed by atoms with Gasteiger partial charge in [-0.2, -0.15) is 0 Å². The second-order valence-electron chi connectivity index (χ2n) is 3.97. The second kappa shape index (κ2) is 5.32. The van der Waals surface area contributed by atoms with Gasteiger partial charge in [0.1, 0.15) is 5.82 Å². The van der Waals surface area contributed by atoms with Crippen LogP contribution in [0.3, 0.4) is 0 Å². The zero-order chi connectivity index (χ0) is 13.0. The first-order valence-electron chi connectivity index (χ1n) is 5.58. The molecule has 0 amide bonds. The van der Waals surface area contributed by atoms with Crippen molar-refractivity contribution in [2.45, 2.75) is 0 Å². The van der Waals surface area contributed by atoms with Crippen LogP contribution in [0.4, 0.5) is 5.82 Å². The highest BCUT2D eigenvalue weighted by Crippen LogP contribution is 2.19. The van der Waals surface area contributed by atoms with Gasteiger partial charge in [-0.1, -0.05) is 24.3 Å².